The number of nitrogens with one attached hydrogen (secondary N) is 1. The van der Waals surface area contributed by atoms with Crippen LogP contribution < -0.4 is 15.8 Å². The van der Waals surface area contributed by atoms with E-state index in [4.69, 9.17) is 10.5 Å². The van der Waals surface area contributed by atoms with Crippen molar-refractivity contribution in [2.75, 3.05) is 24.7 Å². The minimum absolute atomic E-state index is 0.00146. The molecule has 2 unspecified atom stereocenters. The number of benzene rings is 1. The van der Waals surface area contributed by atoms with Crippen molar-refractivity contribution in [3.63, 3.8) is 0 Å². The van der Waals surface area contributed by atoms with E-state index in [0.29, 0.717) is 23.2 Å². The number of nitrogen functional groups attached to an aromatic ring is 1. The number of hydrogen-bond acceptors (Lipinski definition) is 4. The lowest BCUT2D eigenvalue weighted by Gasteiger charge is -2.29. The molecule has 1 fully saturated rings. The molecule has 0 spiro atoms. The number of nitrogens with two attached hydrogens (primary N) is 1. The number of rotatable bonds is 5. The molecule has 1 amide bonds. The Balaban J connectivity index is 2.07. The number of likely N-dealkylation sites (tertiary alicyclic amines) is 1. The monoisotopic (exact) mass is 291 g/mol. The Morgan fingerprint density at radius 1 is 1.57 bits per heavy atom. The molecule has 3 N–H and O–H groups in total. The third kappa shape index (κ3) is 3.47. The summed E-state index contributed by atoms with van der Waals surface area (Å²) in [6.07, 6.45) is 3.43. The summed E-state index contributed by atoms with van der Waals surface area (Å²) in [6, 6.07) is 5.62. The van der Waals surface area contributed by atoms with Gasteiger partial charge in [0.1, 0.15) is 5.75 Å². The largest absolute Gasteiger partial charge is 0.494 e. The first kappa shape index (κ1) is 15.6. The highest BCUT2D eigenvalue weighted by atomic mass is 16.5. The van der Waals surface area contributed by atoms with Gasteiger partial charge in [0.15, 0.2) is 0 Å². The topological polar surface area (TPSA) is 67.6 Å². The van der Waals surface area contributed by atoms with Crippen LogP contribution in [0.3, 0.4) is 0 Å². The lowest BCUT2D eigenvalue weighted by molar-refractivity contribution is -0.121. The summed E-state index contributed by atoms with van der Waals surface area (Å²) in [7, 11) is 1.57. The van der Waals surface area contributed by atoms with Crippen LogP contribution in [0.15, 0.2) is 18.2 Å². The van der Waals surface area contributed by atoms with Crippen molar-refractivity contribution >= 4 is 17.3 Å². The van der Waals surface area contributed by atoms with E-state index in [1.807, 2.05) is 6.92 Å². The first-order chi connectivity index (χ1) is 10.1. The fourth-order valence-electron chi connectivity index (χ4n) is 3.01. The summed E-state index contributed by atoms with van der Waals surface area (Å²) in [5, 5.41) is 2.95. The Morgan fingerprint density at radius 2 is 2.33 bits per heavy atom. The van der Waals surface area contributed by atoms with Crippen molar-refractivity contribution in [2.45, 2.75) is 45.2 Å². The highest BCUT2D eigenvalue weighted by Crippen LogP contribution is 2.28. The summed E-state index contributed by atoms with van der Waals surface area (Å²) >= 11 is 0. The van der Waals surface area contributed by atoms with Crippen molar-refractivity contribution in [3.05, 3.63) is 18.2 Å². The van der Waals surface area contributed by atoms with Crippen LogP contribution in [0.4, 0.5) is 11.4 Å². The van der Waals surface area contributed by atoms with Gasteiger partial charge in [-0.3, -0.25) is 9.69 Å². The molecule has 0 aliphatic carbocycles. The van der Waals surface area contributed by atoms with E-state index in [1.165, 1.54) is 12.8 Å². The molecule has 2 atom stereocenters. The van der Waals surface area contributed by atoms with Crippen LogP contribution in [0.2, 0.25) is 0 Å². The minimum Gasteiger partial charge on any atom is -0.494 e. The maximum atomic E-state index is 12.5. The summed E-state index contributed by atoms with van der Waals surface area (Å²) in [5.74, 6) is 0.586. The predicted molar refractivity (Wildman–Crippen MR) is 85.5 cm³/mol. The molecule has 1 aromatic carbocycles. The highest BCUT2D eigenvalue weighted by molar-refractivity contribution is 5.96. The second kappa shape index (κ2) is 6.80. The van der Waals surface area contributed by atoms with Gasteiger partial charge in [0.25, 0.3) is 0 Å². The van der Waals surface area contributed by atoms with Crippen LogP contribution in [-0.4, -0.2) is 36.5 Å². The number of nitrogens with zero attached hydrogens (tertiary/aromatic N) is 1. The lowest BCUT2D eigenvalue weighted by Crippen LogP contribution is -2.44. The Hall–Kier alpha value is -1.75. The fraction of sp³-hybridized carbons (Fsp3) is 0.562. The molecule has 1 aliphatic heterocycles. The van der Waals surface area contributed by atoms with E-state index < -0.39 is 0 Å². The molecule has 1 saturated heterocycles. The molecule has 1 aromatic rings. The third-order valence-corrected chi connectivity index (χ3v) is 4.25. The van der Waals surface area contributed by atoms with Crippen LogP contribution in [0, 0.1) is 0 Å². The van der Waals surface area contributed by atoms with Gasteiger partial charge in [-0.2, -0.15) is 0 Å². The van der Waals surface area contributed by atoms with Crippen molar-refractivity contribution in [1.29, 1.82) is 0 Å². The zero-order valence-electron chi connectivity index (χ0n) is 13.1. The maximum absolute atomic E-state index is 12.5. The van der Waals surface area contributed by atoms with E-state index in [1.54, 1.807) is 25.3 Å². The Labute approximate surface area is 126 Å². The normalized spacial score (nSPS) is 20.2. The molecule has 5 heteroatoms. The number of ether oxygens (including phenoxy) is 1. The fourth-order valence-corrected chi connectivity index (χ4v) is 3.01. The van der Waals surface area contributed by atoms with Gasteiger partial charge >= 0.3 is 0 Å². The molecule has 0 aromatic heterocycles. The highest BCUT2D eigenvalue weighted by Gasteiger charge is 2.31. The number of anilines is 2. The Kier molecular flexibility index (Phi) is 5.07. The average Bonchev–Trinajstić information content (AvgIpc) is 2.96. The van der Waals surface area contributed by atoms with E-state index >= 15 is 0 Å². The summed E-state index contributed by atoms with van der Waals surface area (Å²) < 4.78 is 5.27. The average molecular weight is 291 g/mol. The number of hydrogen-bond donors (Lipinski definition) is 2. The molecular weight excluding hydrogens is 266 g/mol. The standard InChI is InChI=1S/C16H25N3O2/c1-4-13-6-5-9-19(13)11(2)16(20)18-14-8-7-12(17)10-15(14)21-3/h7-8,10-11,13H,4-6,9,17H2,1-3H3,(H,18,20). The predicted octanol–water partition coefficient (Wildman–Crippen LogP) is 2.48. The van der Waals surface area contributed by atoms with Gasteiger partial charge in [-0.15, -0.1) is 0 Å². The van der Waals surface area contributed by atoms with Gasteiger partial charge in [-0.25, -0.2) is 0 Å². The van der Waals surface area contributed by atoms with Crippen LogP contribution in [-0.2, 0) is 4.79 Å². The van der Waals surface area contributed by atoms with Crippen LogP contribution in [0.1, 0.15) is 33.1 Å². The zero-order valence-corrected chi connectivity index (χ0v) is 13.1. The molecule has 1 heterocycles. The molecule has 0 saturated carbocycles. The molecule has 116 valence electrons. The lowest BCUT2D eigenvalue weighted by atomic mass is 10.1. The molecule has 1 aliphatic rings. The van der Waals surface area contributed by atoms with Crippen molar-refractivity contribution in [1.82, 2.24) is 4.90 Å². The molecule has 0 radical (unpaired) electrons. The second-order valence-electron chi connectivity index (χ2n) is 5.57. The summed E-state index contributed by atoms with van der Waals surface area (Å²) in [6.45, 7) is 5.13. The Bertz CT molecular complexity index is 504. The van der Waals surface area contributed by atoms with Gasteiger partial charge < -0.3 is 15.8 Å². The van der Waals surface area contributed by atoms with Crippen molar-refractivity contribution in [3.8, 4) is 5.75 Å². The van der Waals surface area contributed by atoms with Crippen LogP contribution in [0.5, 0.6) is 5.75 Å². The molecular formula is C16H25N3O2. The van der Waals surface area contributed by atoms with Gasteiger partial charge in [-0.05, 0) is 44.9 Å². The number of methoxy groups -OCH3 is 1. The SMILES string of the molecule is CCC1CCCN1C(C)C(=O)Nc1ccc(N)cc1OC. The molecule has 21 heavy (non-hydrogen) atoms. The second-order valence-corrected chi connectivity index (χ2v) is 5.57. The smallest absolute Gasteiger partial charge is 0.241 e. The molecule has 5 nitrogen and oxygen atoms in total. The van der Waals surface area contributed by atoms with Crippen LogP contribution >= 0.6 is 0 Å². The Morgan fingerprint density at radius 3 is 3.00 bits per heavy atom. The summed E-state index contributed by atoms with van der Waals surface area (Å²) in [5.41, 5.74) is 7.01. The van der Waals surface area contributed by atoms with Gasteiger partial charge in [-0.1, -0.05) is 6.92 Å². The van der Waals surface area contributed by atoms with Gasteiger partial charge in [0.05, 0.1) is 18.8 Å². The minimum atomic E-state index is -0.139. The van der Waals surface area contributed by atoms with E-state index in [0.717, 1.165) is 13.0 Å². The maximum Gasteiger partial charge on any atom is 0.241 e. The van der Waals surface area contributed by atoms with Crippen molar-refractivity contribution < 1.29 is 9.53 Å². The van der Waals surface area contributed by atoms with E-state index in [2.05, 4.69) is 17.1 Å². The van der Waals surface area contributed by atoms with E-state index in [-0.39, 0.29) is 11.9 Å². The number of amides is 1. The van der Waals surface area contributed by atoms with E-state index in [9.17, 15) is 4.79 Å². The number of carbonyl (C=O) groups excluding carboxylic acids is 1. The molecule has 0 bridgehead atoms. The first-order valence-electron chi connectivity index (χ1n) is 7.57. The number of carbonyl (C=O) groups is 1. The summed E-state index contributed by atoms with van der Waals surface area (Å²) in [4.78, 5) is 14.8. The zero-order chi connectivity index (χ0) is 15.4. The first-order valence-corrected chi connectivity index (χ1v) is 7.57. The third-order valence-electron chi connectivity index (χ3n) is 4.25. The van der Waals surface area contributed by atoms with Gasteiger partial charge in [0.2, 0.25) is 5.91 Å². The van der Waals surface area contributed by atoms with Gasteiger partial charge in [0, 0.05) is 17.8 Å². The van der Waals surface area contributed by atoms with Crippen molar-refractivity contribution in [2.24, 2.45) is 0 Å². The quantitative estimate of drug-likeness (QED) is 0.818. The molecule has 2 rings (SSSR count). The van der Waals surface area contributed by atoms with Crippen LogP contribution in [0.25, 0.3) is 0 Å².